The summed E-state index contributed by atoms with van der Waals surface area (Å²) < 4.78 is 7.60. The molecule has 8 heteroatoms. The predicted molar refractivity (Wildman–Crippen MR) is 145 cm³/mol. The Kier molecular flexibility index (Phi) is 7.60. The number of hydrogen-bond donors (Lipinski definition) is 0. The lowest BCUT2D eigenvalue weighted by molar-refractivity contribution is -0.134. The smallest absolute Gasteiger partial charge is 0.244 e. The Labute approximate surface area is 220 Å². The highest BCUT2D eigenvalue weighted by Crippen LogP contribution is 2.30. The van der Waals surface area contributed by atoms with Crippen LogP contribution in [0.25, 0.3) is 22.2 Å². The molecule has 2 aromatic carbocycles. The molecule has 0 bridgehead atoms. The molecule has 2 aromatic heterocycles. The van der Waals surface area contributed by atoms with Crippen molar-refractivity contribution in [2.24, 2.45) is 0 Å². The summed E-state index contributed by atoms with van der Waals surface area (Å²) in [6, 6.07) is 18.1. The monoisotopic (exact) mass is 520 g/mol. The van der Waals surface area contributed by atoms with E-state index in [4.69, 9.17) is 21.3 Å². The molecule has 186 valence electrons. The maximum absolute atomic E-state index is 13.5. The van der Waals surface area contributed by atoms with Gasteiger partial charge in [-0.15, -0.1) is 11.8 Å². The second kappa shape index (κ2) is 11.0. The van der Waals surface area contributed by atoms with E-state index in [0.717, 1.165) is 57.8 Å². The molecule has 0 saturated carbocycles. The Bertz CT molecular complexity index is 1370. The highest BCUT2D eigenvalue weighted by molar-refractivity contribution is 7.98. The van der Waals surface area contributed by atoms with Gasteiger partial charge in [-0.3, -0.25) is 9.48 Å². The minimum atomic E-state index is 0.00786. The van der Waals surface area contributed by atoms with Crippen LogP contribution >= 0.6 is 23.4 Å². The summed E-state index contributed by atoms with van der Waals surface area (Å²) in [6.07, 6.45) is 5.94. The minimum Gasteiger partial charge on any atom is -0.376 e. The Morgan fingerprint density at radius 3 is 2.72 bits per heavy atom. The average Bonchev–Trinajstić information content (AvgIpc) is 3.55. The van der Waals surface area contributed by atoms with Crippen molar-refractivity contribution in [1.82, 2.24) is 19.7 Å². The molecular formula is C28H29ClN4O2S. The van der Waals surface area contributed by atoms with Crippen molar-refractivity contribution in [2.75, 3.05) is 19.4 Å². The Morgan fingerprint density at radius 2 is 2.03 bits per heavy atom. The van der Waals surface area contributed by atoms with E-state index in [1.807, 2.05) is 48.4 Å². The van der Waals surface area contributed by atoms with Crippen molar-refractivity contribution in [1.29, 1.82) is 0 Å². The normalized spacial score (nSPS) is 15.5. The van der Waals surface area contributed by atoms with Gasteiger partial charge in [0.05, 0.1) is 23.0 Å². The van der Waals surface area contributed by atoms with Gasteiger partial charge in [-0.25, -0.2) is 4.98 Å². The molecule has 1 aliphatic rings. The van der Waals surface area contributed by atoms with Crippen LogP contribution in [0, 0.1) is 6.92 Å². The van der Waals surface area contributed by atoms with Crippen molar-refractivity contribution >= 4 is 40.2 Å². The molecule has 4 aromatic rings. The molecule has 0 aliphatic carbocycles. The van der Waals surface area contributed by atoms with Crippen molar-refractivity contribution in [3.63, 3.8) is 0 Å². The zero-order valence-corrected chi connectivity index (χ0v) is 22.1. The second-order valence-electron chi connectivity index (χ2n) is 9.13. The molecule has 36 heavy (non-hydrogen) atoms. The number of benzene rings is 2. The maximum atomic E-state index is 13.5. The summed E-state index contributed by atoms with van der Waals surface area (Å²) in [4.78, 5) is 21.7. The number of nitrogens with zero attached hydrogens (tertiary/aromatic N) is 4. The lowest BCUT2D eigenvalue weighted by Crippen LogP contribution is -2.39. The lowest BCUT2D eigenvalue weighted by Gasteiger charge is -2.27. The fourth-order valence-corrected chi connectivity index (χ4v) is 5.14. The topological polar surface area (TPSA) is 60.2 Å². The van der Waals surface area contributed by atoms with E-state index in [2.05, 4.69) is 35.6 Å². The molecule has 0 spiro atoms. The highest BCUT2D eigenvalue weighted by atomic mass is 35.5. The number of fused-ring (bicyclic) bond motifs is 1. The van der Waals surface area contributed by atoms with Gasteiger partial charge in [0.1, 0.15) is 6.54 Å². The van der Waals surface area contributed by atoms with Gasteiger partial charge in [-0.2, -0.15) is 5.10 Å². The number of amides is 1. The molecule has 1 amide bonds. The highest BCUT2D eigenvalue weighted by Gasteiger charge is 2.24. The van der Waals surface area contributed by atoms with E-state index < -0.39 is 0 Å². The molecular weight excluding hydrogens is 492 g/mol. The number of aromatic nitrogens is 3. The first kappa shape index (κ1) is 24.8. The summed E-state index contributed by atoms with van der Waals surface area (Å²) >= 11 is 7.87. The predicted octanol–water partition coefficient (Wildman–Crippen LogP) is 5.99. The first-order chi connectivity index (χ1) is 17.5. The molecule has 0 N–H and O–H groups in total. The van der Waals surface area contributed by atoms with E-state index in [0.29, 0.717) is 18.1 Å². The van der Waals surface area contributed by atoms with Crippen LogP contribution in [0.15, 0.2) is 65.7 Å². The molecule has 0 radical (unpaired) electrons. The van der Waals surface area contributed by atoms with Crippen LogP contribution in [0.2, 0.25) is 5.02 Å². The van der Waals surface area contributed by atoms with E-state index in [-0.39, 0.29) is 18.6 Å². The number of ether oxygens (including phenoxy) is 1. The zero-order chi connectivity index (χ0) is 25.1. The maximum Gasteiger partial charge on any atom is 0.244 e. The lowest BCUT2D eigenvalue weighted by atomic mass is 10.0. The number of thioether (sulfide) groups is 1. The van der Waals surface area contributed by atoms with E-state index in [9.17, 15) is 4.79 Å². The molecule has 5 rings (SSSR count). The average molecular weight is 521 g/mol. The standard InChI is InChI=1S/C28H29ClN4O2S/c1-19-11-12-33(31-19)18-27(34)32(17-24-4-3-13-35-24)16-22-14-21-7-10-25(36-2)15-26(21)30-28(22)20-5-8-23(29)9-6-20/h5-12,14-15,24H,3-4,13,16-18H2,1-2H3/t24-/m1/s1. The first-order valence-electron chi connectivity index (χ1n) is 12.1. The number of halogens is 1. The van der Waals surface area contributed by atoms with Gasteiger partial charge in [0.25, 0.3) is 0 Å². The molecule has 1 atom stereocenters. The van der Waals surface area contributed by atoms with Crippen LogP contribution in [0.3, 0.4) is 0 Å². The van der Waals surface area contributed by atoms with Gasteiger partial charge < -0.3 is 9.64 Å². The van der Waals surface area contributed by atoms with Gasteiger partial charge in [0.2, 0.25) is 5.91 Å². The van der Waals surface area contributed by atoms with Crippen LogP contribution in [0.5, 0.6) is 0 Å². The minimum absolute atomic E-state index is 0.00786. The van der Waals surface area contributed by atoms with Crippen molar-refractivity contribution in [3.05, 3.63) is 77.1 Å². The van der Waals surface area contributed by atoms with E-state index in [1.54, 1.807) is 16.4 Å². The fraction of sp³-hybridized carbons (Fsp3) is 0.321. The third-order valence-electron chi connectivity index (χ3n) is 6.45. The van der Waals surface area contributed by atoms with Crippen LogP contribution in [-0.2, 0) is 22.6 Å². The van der Waals surface area contributed by atoms with Crippen molar-refractivity contribution in [3.8, 4) is 11.3 Å². The molecule has 6 nitrogen and oxygen atoms in total. The van der Waals surface area contributed by atoms with Crippen LogP contribution < -0.4 is 0 Å². The van der Waals surface area contributed by atoms with Gasteiger partial charge in [-0.05, 0) is 68.0 Å². The largest absolute Gasteiger partial charge is 0.376 e. The molecule has 1 saturated heterocycles. The fourth-order valence-electron chi connectivity index (χ4n) is 4.58. The van der Waals surface area contributed by atoms with Crippen LogP contribution in [0.1, 0.15) is 24.1 Å². The van der Waals surface area contributed by atoms with Crippen LogP contribution in [-0.4, -0.2) is 51.1 Å². The molecule has 1 aliphatic heterocycles. The number of carbonyl (C=O) groups excluding carboxylic acids is 1. The molecule has 0 unspecified atom stereocenters. The van der Waals surface area contributed by atoms with Gasteiger partial charge >= 0.3 is 0 Å². The van der Waals surface area contributed by atoms with E-state index >= 15 is 0 Å². The summed E-state index contributed by atoms with van der Waals surface area (Å²) in [5.41, 5.74) is 4.64. The number of hydrogen-bond acceptors (Lipinski definition) is 5. The third-order valence-corrected chi connectivity index (χ3v) is 7.43. The number of pyridine rings is 1. The Balaban J connectivity index is 1.53. The zero-order valence-electron chi connectivity index (χ0n) is 20.5. The van der Waals surface area contributed by atoms with Crippen molar-refractivity contribution in [2.45, 2.75) is 43.9 Å². The summed E-state index contributed by atoms with van der Waals surface area (Å²) in [6.45, 7) is 3.84. The van der Waals surface area contributed by atoms with Gasteiger partial charge in [0, 0.05) is 46.8 Å². The van der Waals surface area contributed by atoms with E-state index in [1.165, 1.54) is 0 Å². The second-order valence-corrected chi connectivity index (χ2v) is 10.4. The first-order valence-corrected chi connectivity index (χ1v) is 13.7. The van der Waals surface area contributed by atoms with Crippen molar-refractivity contribution < 1.29 is 9.53 Å². The summed E-state index contributed by atoms with van der Waals surface area (Å²) in [7, 11) is 0. The Hall–Kier alpha value is -2.87. The SMILES string of the molecule is CSc1ccc2cc(CN(C[C@H]3CCCO3)C(=O)Cn3ccc(C)n3)c(-c3ccc(Cl)cc3)nc2c1. The Morgan fingerprint density at radius 1 is 1.19 bits per heavy atom. The third kappa shape index (κ3) is 5.75. The summed E-state index contributed by atoms with van der Waals surface area (Å²) in [5, 5.41) is 6.14. The number of rotatable bonds is 8. The van der Waals surface area contributed by atoms with Gasteiger partial charge in [-0.1, -0.05) is 29.8 Å². The number of carbonyl (C=O) groups is 1. The van der Waals surface area contributed by atoms with Crippen LogP contribution in [0.4, 0.5) is 0 Å². The number of aryl methyl sites for hydroxylation is 1. The van der Waals surface area contributed by atoms with Gasteiger partial charge in [0.15, 0.2) is 0 Å². The molecule has 3 heterocycles. The summed E-state index contributed by atoms with van der Waals surface area (Å²) in [5.74, 6) is 0.00786. The quantitative estimate of drug-likeness (QED) is 0.267. The molecule has 1 fully saturated rings.